The summed E-state index contributed by atoms with van der Waals surface area (Å²) >= 11 is 0. The number of rotatable bonds is 5. The summed E-state index contributed by atoms with van der Waals surface area (Å²) in [5.41, 5.74) is 1.88. The van der Waals surface area contributed by atoms with Crippen molar-refractivity contribution in [1.82, 2.24) is 15.3 Å². The van der Waals surface area contributed by atoms with Crippen molar-refractivity contribution in [1.29, 1.82) is 0 Å². The Balaban J connectivity index is 1.41. The van der Waals surface area contributed by atoms with Gasteiger partial charge in [-0.1, -0.05) is 36.4 Å². The Hall–Kier alpha value is -3.15. The molecular weight excluding hydrogens is 354 g/mol. The van der Waals surface area contributed by atoms with Crippen LogP contribution in [0.4, 0.5) is 4.79 Å². The smallest absolute Gasteiger partial charge is 0.404 e. The molecule has 0 radical (unpaired) electrons. The van der Waals surface area contributed by atoms with Gasteiger partial charge in [-0.3, -0.25) is 0 Å². The number of fused-ring (bicyclic) bond motifs is 1. The third-order valence-corrected chi connectivity index (χ3v) is 5.29. The Labute approximate surface area is 163 Å². The van der Waals surface area contributed by atoms with E-state index < -0.39 is 6.09 Å². The van der Waals surface area contributed by atoms with Gasteiger partial charge >= 0.3 is 12.1 Å². The number of nitrogens with one attached hydrogen (secondary N) is 1. The van der Waals surface area contributed by atoms with Gasteiger partial charge in [0.25, 0.3) is 0 Å². The Bertz CT molecular complexity index is 968. The van der Waals surface area contributed by atoms with Gasteiger partial charge in [0.05, 0.1) is 5.69 Å². The van der Waals surface area contributed by atoms with E-state index in [2.05, 4.69) is 45.6 Å². The van der Waals surface area contributed by atoms with E-state index in [1.807, 2.05) is 18.2 Å². The van der Waals surface area contributed by atoms with Crippen molar-refractivity contribution >= 4 is 16.9 Å². The van der Waals surface area contributed by atoms with Crippen LogP contribution in [0.15, 0.2) is 54.7 Å². The van der Waals surface area contributed by atoms with Crippen LogP contribution in [0.1, 0.15) is 25.7 Å². The van der Waals surface area contributed by atoms with Gasteiger partial charge in [-0.05, 0) is 54.5 Å². The van der Waals surface area contributed by atoms with Crippen LogP contribution in [0, 0.1) is 5.92 Å². The molecule has 0 atom stereocenters. The summed E-state index contributed by atoms with van der Waals surface area (Å²) < 4.78 is 6.02. The summed E-state index contributed by atoms with van der Waals surface area (Å²) in [5.74, 6) is 0.376. The average molecular weight is 377 g/mol. The molecule has 0 unspecified atom stereocenters. The number of benzene rings is 2. The predicted molar refractivity (Wildman–Crippen MR) is 107 cm³/mol. The highest BCUT2D eigenvalue weighted by Gasteiger charge is 2.23. The van der Waals surface area contributed by atoms with Gasteiger partial charge in [0.1, 0.15) is 6.10 Å². The van der Waals surface area contributed by atoms with Gasteiger partial charge in [0, 0.05) is 18.3 Å². The fraction of sp³-hybridized carbons (Fsp3) is 0.318. The molecular formula is C22H23N3O3. The van der Waals surface area contributed by atoms with Gasteiger partial charge in [-0.25, -0.2) is 9.78 Å². The average Bonchev–Trinajstić information content (AvgIpc) is 2.73. The molecule has 2 aromatic carbocycles. The second-order valence-corrected chi connectivity index (χ2v) is 7.23. The van der Waals surface area contributed by atoms with E-state index in [1.165, 1.54) is 10.8 Å². The van der Waals surface area contributed by atoms with E-state index in [9.17, 15) is 4.79 Å². The topological polar surface area (TPSA) is 84.3 Å². The number of carboxylic acid groups (broad SMARTS) is 1. The van der Waals surface area contributed by atoms with E-state index in [1.54, 1.807) is 6.20 Å². The lowest BCUT2D eigenvalue weighted by Gasteiger charge is -2.28. The van der Waals surface area contributed by atoms with Gasteiger partial charge in [0.15, 0.2) is 0 Å². The zero-order valence-electron chi connectivity index (χ0n) is 15.5. The first-order chi connectivity index (χ1) is 13.7. The summed E-state index contributed by atoms with van der Waals surface area (Å²) in [6.45, 7) is 0.510. The molecule has 0 saturated heterocycles. The van der Waals surface area contributed by atoms with Gasteiger partial charge in [-0.15, -0.1) is 0 Å². The number of carbonyl (C=O) groups is 1. The van der Waals surface area contributed by atoms with Crippen LogP contribution in [0.25, 0.3) is 22.0 Å². The molecule has 2 N–H and O–H groups in total. The molecule has 1 fully saturated rings. The lowest BCUT2D eigenvalue weighted by Crippen LogP contribution is -2.32. The third kappa shape index (κ3) is 4.39. The first-order valence-corrected chi connectivity index (χ1v) is 9.63. The zero-order chi connectivity index (χ0) is 19.3. The van der Waals surface area contributed by atoms with Crippen molar-refractivity contribution in [3.8, 4) is 17.3 Å². The molecule has 1 aliphatic rings. The Kier molecular flexibility index (Phi) is 5.37. The van der Waals surface area contributed by atoms with Crippen LogP contribution in [0.3, 0.4) is 0 Å². The van der Waals surface area contributed by atoms with Crippen molar-refractivity contribution in [2.75, 3.05) is 6.54 Å². The van der Waals surface area contributed by atoms with E-state index in [0.717, 1.165) is 36.9 Å². The summed E-state index contributed by atoms with van der Waals surface area (Å²) in [6.07, 6.45) is 4.50. The molecule has 4 rings (SSSR count). The summed E-state index contributed by atoms with van der Waals surface area (Å²) in [5, 5.41) is 13.6. The Morgan fingerprint density at radius 2 is 1.86 bits per heavy atom. The van der Waals surface area contributed by atoms with Crippen molar-refractivity contribution in [3.05, 3.63) is 54.7 Å². The van der Waals surface area contributed by atoms with Crippen LogP contribution in [0.5, 0.6) is 6.01 Å². The van der Waals surface area contributed by atoms with Gasteiger partial charge in [0.2, 0.25) is 0 Å². The molecule has 1 amide bonds. The molecule has 1 aliphatic carbocycles. The lowest BCUT2D eigenvalue weighted by atomic mass is 9.87. The molecule has 0 aliphatic heterocycles. The van der Waals surface area contributed by atoms with E-state index in [4.69, 9.17) is 9.84 Å². The number of nitrogens with zero attached hydrogens (tertiary/aromatic N) is 2. The molecule has 144 valence electrons. The highest BCUT2D eigenvalue weighted by molar-refractivity contribution is 5.86. The lowest BCUT2D eigenvalue weighted by molar-refractivity contribution is 0.119. The second-order valence-electron chi connectivity index (χ2n) is 7.23. The molecule has 1 saturated carbocycles. The maximum absolute atomic E-state index is 10.6. The molecule has 6 nitrogen and oxygen atoms in total. The van der Waals surface area contributed by atoms with Crippen LogP contribution < -0.4 is 10.1 Å². The van der Waals surface area contributed by atoms with E-state index >= 15 is 0 Å². The summed E-state index contributed by atoms with van der Waals surface area (Å²) in [6, 6.07) is 16.8. The predicted octanol–water partition coefficient (Wildman–Crippen LogP) is 4.50. The van der Waals surface area contributed by atoms with Crippen molar-refractivity contribution in [3.63, 3.8) is 0 Å². The minimum absolute atomic E-state index is 0.0768. The van der Waals surface area contributed by atoms with Crippen LogP contribution in [0.2, 0.25) is 0 Å². The SMILES string of the molecule is O=C(O)NC[C@H]1CC[C@@H](Oc2nccc(-c3ccc4ccccc4c3)n2)CC1. The van der Waals surface area contributed by atoms with Crippen LogP contribution in [-0.2, 0) is 0 Å². The Morgan fingerprint density at radius 3 is 2.64 bits per heavy atom. The number of amides is 1. The highest BCUT2D eigenvalue weighted by Crippen LogP contribution is 2.28. The van der Waals surface area contributed by atoms with Crippen molar-refractivity contribution in [2.45, 2.75) is 31.8 Å². The molecule has 1 heterocycles. The second kappa shape index (κ2) is 8.25. The minimum atomic E-state index is -0.961. The van der Waals surface area contributed by atoms with Crippen molar-refractivity contribution in [2.24, 2.45) is 5.92 Å². The first-order valence-electron chi connectivity index (χ1n) is 9.63. The fourth-order valence-corrected chi connectivity index (χ4v) is 3.74. The standard InChI is InChI=1S/C22H23N3O3/c26-22(27)24-14-15-5-9-19(10-6-15)28-21-23-12-11-20(25-21)18-8-7-16-3-1-2-4-17(16)13-18/h1-4,7-8,11-13,15,19,24H,5-6,9-10,14H2,(H,26,27)/t15-,19+. The first kappa shape index (κ1) is 18.2. The van der Waals surface area contributed by atoms with E-state index in [-0.39, 0.29) is 6.10 Å². The zero-order valence-corrected chi connectivity index (χ0v) is 15.5. The van der Waals surface area contributed by atoms with Crippen LogP contribution in [-0.4, -0.2) is 33.8 Å². The number of ether oxygens (including phenoxy) is 1. The number of aromatic nitrogens is 2. The normalized spacial score (nSPS) is 19.3. The van der Waals surface area contributed by atoms with Gasteiger partial charge in [-0.2, -0.15) is 4.98 Å². The molecule has 1 aromatic heterocycles. The monoisotopic (exact) mass is 377 g/mol. The van der Waals surface area contributed by atoms with Gasteiger partial charge < -0.3 is 15.2 Å². The summed E-state index contributed by atoms with van der Waals surface area (Å²) in [7, 11) is 0. The Morgan fingerprint density at radius 1 is 1.07 bits per heavy atom. The highest BCUT2D eigenvalue weighted by atomic mass is 16.5. The maximum atomic E-state index is 10.6. The molecule has 28 heavy (non-hydrogen) atoms. The maximum Gasteiger partial charge on any atom is 0.404 e. The molecule has 0 bridgehead atoms. The minimum Gasteiger partial charge on any atom is -0.465 e. The van der Waals surface area contributed by atoms with E-state index in [0.29, 0.717) is 18.5 Å². The largest absolute Gasteiger partial charge is 0.465 e. The van der Waals surface area contributed by atoms with Crippen molar-refractivity contribution < 1.29 is 14.6 Å². The summed E-state index contributed by atoms with van der Waals surface area (Å²) in [4.78, 5) is 19.5. The third-order valence-electron chi connectivity index (χ3n) is 5.29. The van der Waals surface area contributed by atoms with Crippen LogP contribution >= 0.6 is 0 Å². The molecule has 6 heteroatoms. The molecule has 0 spiro atoms. The quantitative estimate of drug-likeness (QED) is 0.684. The number of hydrogen-bond donors (Lipinski definition) is 2. The molecule has 3 aromatic rings. The number of hydrogen-bond acceptors (Lipinski definition) is 4. The fourth-order valence-electron chi connectivity index (χ4n) is 3.74.